The summed E-state index contributed by atoms with van der Waals surface area (Å²) < 4.78 is 5.07. The number of aromatic nitrogens is 2. The maximum atomic E-state index is 12.1. The summed E-state index contributed by atoms with van der Waals surface area (Å²) in [6.45, 7) is 1.45. The molecule has 0 saturated carbocycles. The van der Waals surface area contributed by atoms with Gasteiger partial charge in [-0.05, 0) is 42.8 Å². The van der Waals surface area contributed by atoms with Crippen LogP contribution in [-0.2, 0) is 9.53 Å². The molecule has 1 amide bonds. The minimum absolute atomic E-state index is 0.254. The maximum Gasteiger partial charge on any atom is 0.338 e. The predicted octanol–water partition coefficient (Wildman–Crippen LogP) is 3.32. The summed E-state index contributed by atoms with van der Waals surface area (Å²) in [6, 6.07) is 11.8. The molecule has 0 unspecified atom stereocenters. The Bertz CT molecular complexity index is 961. The van der Waals surface area contributed by atoms with Gasteiger partial charge in [-0.25, -0.2) is 4.79 Å². The normalized spacial score (nSPS) is 11.8. The van der Waals surface area contributed by atoms with Crippen LogP contribution in [0.2, 0.25) is 5.02 Å². The van der Waals surface area contributed by atoms with Crippen LogP contribution in [0.25, 0.3) is 11.0 Å². The molecule has 1 aromatic heterocycles. The predicted molar refractivity (Wildman–Crippen MR) is 97.8 cm³/mol. The fraction of sp³-hybridized carbons (Fsp3) is 0.158. The van der Waals surface area contributed by atoms with E-state index >= 15 is 0 Å². The zero-order valence-corrected chi connectivity index (χ0v) is 14.7. The van der Waals surface area contributed by atoms with Gasteiger partial charge in [0.1, 0.15) is 0 Å². The number of nitrogens with zero attached hydrogens (tertiary/aromatic N) is 2. The molecule has 3 aromatic rings. The number of rotatable bonds is 5. The van der Waals surface area contributed by atoms with Crippen LogP contribution >= 0.6 is 11.6 Å². The molecule has 0 saturated heterocycles. The summed E-state index contributed by atoms with van der Waals surface area (Å²) in [4.78, 5) is 32.4. The molecular weight excluding hydrogens is 354 g/mol. The van der Waals surface area contributed by atoms with Crippen molar-refractivity contribution in [3.05, 3.63) is 71.0 Å². The third-order valence-electron chi connectivity index (χ3n) is 3.77. The van der Waals surface area contributed by atoms with Crippen molar-refractivity contribution in [2.75, 3.05) is 6.61 Å². The molecule has 132 valence electrons. The van der Waals surface area contributed by atoms with Gasteiger partial charge < -0.3 is 10.1 Å². The number of benzene rings is 2. The van der Waals surface area contributed by atoms with Crippen LogP contribution in [-0.4, -0.2) is 28.5 Å². The first kappa shape index (κ1) is 17.8. The van der Waals surface area contributed by atoms with Crippen molar-refractivity contribution in [1.29, 1.82) is 0 Å². The fourth-order valence-electron chi connectivity index (χ4n) is 2.45. The second-order valence-electron chi connectivity index (χ2n) is 5.68. The lowest BCUT2D eigenvalue weighted by atomic mass is 10.1. The molecule has 0 aliphatic heterocycles. The van der Waals surface area contributed by atoms with E-state index in [1.807, 2.05) is 19.1 Å². The fourth-order valence-corrected chi connectivity index (χ4v) is 2.65. The zero-order valence-electron chi connectivity index (χ0n) is 14.0. The monoisotopic (exact) mass is 369 g/mol. The van der Waals surface area contributed by atoms with Gasteiger partial charge in [0.05, 0.1) is 22.6 Å². The number of halogens is 1. The molecule has 0 bridgehead atoms. The molecule has 0 fully saturated rings. The topological polar surface area (TPSA) is 81.2 Å². The Morgan fingerprint density at radius 3 is 2.65 bits per heavy atom. The molecular formula is C19H16ClN3O3. The zero-order chi connectivity index (χ0) is 18.5. The van der Waals surface area contributed by atoms with Gasteiger partial charge in [0.25, 0.3) is 5.91 Å². The Morgan fingerprint density at radius 1 is 1.12 bits per heavy atom. The smallest absolute Gasteiger partial charge is 0.338 e. The largest absolute Gasteiger partial charge is 0.452 e. The molecule has 1 heterocycles. The maximum absolute atomic E-state index is 12.1. The molecule has 7 heteroatoms. The molecule has 26 heavy (non-hydrogen) atoms. The second-order valence-corrected chi connectivity index (χ2v) is 6.12. The van der Waals surface area contributed by atoms with Gasteiger partial charge in [-0.15, -0.1) is 0 Å². The van der Waals surface area contributed by atoms with E-state index in [0.717, 1.165) is 5.56 Å². The van der Waals surface area contributed by atoms with Crippen LogP contribution in [0.3, 0.4) is 0 Å². The van der Waals surface area contributed by atoms with Crippen molar-refractivity contribution < 1.29 is 14.3 Å². The van der Waals surface area contributed by atoms with Gasteiger partial charge in [-0.2, -0.15) is 0 Å². The highest BCUT2D eigenvalue weighted by Crippen LogP contribution is 2.17. The van der Waals surface area contributed by atoms with Gasteiger partial charge in [0, 0.05) is 17.4 Å². The van der Waals surface area contributed by atoms with Crippen molar-refractivity contribution in [1.82, 2.24) is 15.3 Å². The molecule has 0 radical (unpaired) electrons. The van der Waals surface area contributed by atoms with E-state index in [4.69, 9.17) is 16.3 Å². The minimum atomic E-state index is -0.594. The Morgan fingerprint density at radius 2 is 1.88 bits per heavy atom. The first-order valence-corrected chi connectivity index (χ1v) is 8.33. The number of ether oxygens (including phenoxy) is 1. The van der Waals surface area contributed by atoms with Gasteiger partial charge in [0.15, 0.2) is 6.61 Å². The van der Waals surface area contributed by atoms with E-state index in [0.29, 0.717) is 21.6 Å². The average Bonchev–Trinajstić information content (AvgIpc) is 2.65. The molecule has 0 aliphatic rings. The van der Waals surface area contributed by atoms with Crippen LogP contribution in [0.5, 0.6) is 0 Å². The van der Waals surface area contributed by atoms with Crippen LogP contribution in [0.1, 0.15) is 28.9 Å². The average molecular weight is 370 g/mol. The number of amides is 1. The van der Waals surface area contributed by atoms with Gasteiger partial charge in [0.2, 0.25) is 0 Å². The first-order chi connectivity index (χ1) is 12.5. The van der Waals surface area contributed by atoms with Gasteiger partial charge in [-0.3, -0.25) is 14.8 Å². The van der Waals surface area contributed by atoms with E-state index in [9.17, 15) is 9.59 Å². The highest BCUT2D eigenvalue weighted by Gasteiger charge is 2.14. The second kappa shape index (κ2) is 7.93. The number of hydrogen-bond donors (Lipinski definition) is 1. The van der Waals surface area contributed by atoms with E-state index < -0.39 is 11.9 Å². The summed E-state index contributed by atoms with van der Waals surface area (Å²) in [5.41, 5.74) is 2.44. The van der Waals surface area contributed by atoms with Crippen molar-refractivity contribution in [2.24, 2.45) is 0 Å². The summed E-state index contributed by atoms with van der Waals surface area (Å²) in [5, 5.41) is 3.35. The molecule has 2 aromatic carbocycles. The van der Waals surface area contributed by atoms with E-state index in [-0.39, 0.29) is 12.6 Å². The molecule has 0 spiro atoms. The third-order valence-corrected chi connectivity index (χ3v) is 4.00. The van der Waals surface area contributed by atoms with Crippen molar-refractivity contribution in [3.63, 3.8) is 0 Å². The summed E-state index contributed by atoms with van der Waals surface area (Å²) in [6.07, 6.45) is 3.12. The Balaban J connectivity index is 1.57. The Labute approximate surface area is 155 Å². The van der Waals surface area contributed by atoms with Crippen molar-refractivity contribution >= 4 is 34.5 Å². The lowest BCUT2D eigenvalue weighted by Gasteiger charge is -2.14. The van der Waals surface area contributed by atoms with E-state index in [1.165, 1.54) is 0 Å². The number of carbonyl (C=O) groups excluding carboxylic acids is 2. The lowest BCUT2D eigenvalue weighted by Crippen LogP contribution is -2.31. The highest BCUT2D eigenvalue weighted by atomic mass is 35.5. The number of fused-ring (bicyclic) bond motifs is 1. The van der Waals surface area contributed by atoms with Gasteiger partial charge in [-0.1, -0.05) is 23.7 Å². The SMILES string of the molecule is C[C@H](NC(=O)COC(=O)c1ccc2nccnc2c1)c1cccc(Cl)c1. The van der Waals surface area contributed by atoms with Crippen LogP contribution < -0.4 is 5.32 Å². The Hall–Kier alpha value is -2.99. The molecule has 1 N–H and O–H groups in total. The molecule has 3 rings (SSSR count). The third kappa shape index (κ3) is 4.34. The Kier molecular flexibility index (Phi) is 5.43. The molecule has 1 atom stereocenters. The molecule has 0 aliphatic carbocycles. The van der Waals surface area contributed by atoms with Gasteiger partial charge >= 0.3 is 5.97 Å². The van der Waals surface area contributed by atoms with Crippen LogP contribution in [0, 0.1) is 0 Å². The molecule has 6 nitrogen and oxygen atoms in total. The van der Waals surface area contributed by atoms with Crippen LogP contribution in [0.4, 0.5) is 0 Å². The lowest BCUT2D eigenvalue weighted by molar-refractivity contribution is -0.124. The van der Waals surface area contributed by atoms with Crippen LogP contribution in [0.15, 0.2) is 54.9 Å². The minimum Gasteiger partial charge on any atom is -0.452 e. The quantitative estimate of drug-likeness (QED) is 0.698. The first-order valence-electron chi connectivity index (χ1n) is 7.95. The highest BCUT2D eigenvalue weighted by molar-refractivity contribution is 6.30. The number of carbonyl (C=O) groups is 2. The number of esters is 1. The number of nitrogens with one attached hydrogen (secondary N) is 1. The number of hydrogen-bond acceptors (Lipinski definition) is 5. The van der Waals surface area contributed by atoms with Crippen molar-refractivity contribution in [2.45, 2.75) is 13.0 Å². The van der Waals surface area contributed by atoms with E-state index in [1.54, 1.807) is 42.7 Å². The standard InChI is InChI=1S/C19H16ClN3O3/c1-12(13-3-2-4-15(20)9-13)23-18(24)11-26-19(25)14-5-6-16-17(10-14)22-8-7-21-16/h2-10,12H,11H2,1H3,(H,23,24)/t12-/m0/s1. The summed E-state index contributed by atoms with van der Waals surface area (Å²) in [7, 11) is 0. The summed E-state index contributed by atoms with van der Waals surface area (Å²) >= 11 is 5.95. The van der Waals surface area contributed by atoms with E-state index in [2.05, 4.69) is 15.3 Å². The summed E-state index contributed by atoms with van der Waals surface area (Å²) in [5.74, 6) is -0.991. The van der Waals surface area contributed by atoms with Crippen molar-refractivity contribution in [3.8, 4) is 0 Å².